The van der Waals surface area contributed by atoms with Crippen LogP contribution < -0.4 is 9.47 Å². The highest BCUT2D eigenvalue weighted by molar-refractivity contribution is 7.14. The van der Waals surface area contributed by atoms with Crippen molar-refractivity contribution in [3.8, 4) is 11.5 Å². The number of aliphatic hydroxyl groups excluding tert-OH is 1. The first-order valence-electron chi connectivity index (χ1n) is 11.5. The Balaban J connectivity index is 1.73. The molecule has 1 atom stereocenters. The van der Waals surface area contributed by atoms with Crippen molar-refractivity contribution in [1.82, 2.24) is 19.4 Å². The number of rotatable bonds is 11. The van der Waals surface area contributed by atoms with Crippen LogP contribution in [0.1, 0.15) is 38.4 Å². The van der Waals surface area contributed by atoms with Crippen LogP contribution in [0, 0.1) is 13.8 Å². The molecule has 0 spiro atoms. The summed E-state index contributed by atoms with van der Waals surface area (Å²) in [6.45, 7) is 8.47. The summed E-state index contributed by atoms with van der Waals surface area (Å²) in [5.41, 5.74) is 1.23. The molecule has 36 heavy (non-hydrogen) atoms. The standard InChI is InChI=1S/C26H28N4O5S/c1-5-13-35-19-8-7-18(14-20(19)34-4)22-21(23(31)25-16(2)28-17(3)36-25)24(32)26(33)30(22)11-6-10-29-12-9-27-15-29/h5,7-9,12,14-15,22,32H,1,6,10-11,13H2,2-4H3. The summed E-state index contributed by atoms with van der Waals surface area (Å²) in [7, 11) is 1.52. The molecule has 0 saturated heterocycles. The number of aromatic nitrogens is 3. The van der Waals surface area contributed by atoms with Crippen molar-refractivity contribution in [2.45, 2.75) is 32.9 Å². The Kier molecular flexibility index (Phi) is 7.54. The van der Waals surface area contributed by atoms with Gasteiger partial charge in [0, 0.05) is 25.5 Å². The smallest absolute Gasteiger partial charge is 0.290 e. The van der Waals surface area contributed by atoms with Gasteiger partial charge >= 0.3 is 0 Å². The summed E-state index contributed by atoms with van der Waals surface area (Å²) in [6.07, 6.45) is 7.46. The van der Waals surface area contributed by atoms with Gasteiger partial charge in [-0.2, -0.15) is 0 Å². The van der Waals surface area contributed by atoms with E-state index in [4.69, 9.17) is 9.47 Å². The lowest BCUT2D eigenvalue weighted by Gasteiger charge is -2.27. The van der Waals surface area contributed by atoms with Gasteiger partial charge in [0.2, 0.25) is 5.78 Å². The van der Waals surface area contributed by atoms with Crippen molar-refractivity contribution in [1.29, 1.82) is 0 Å². The number of imidazole rings is 1. The number of methoxy groups -OCH3 is 1. The second-order valence-electron chi connectivity index (χ2n) is 8.30. The predicted octanol–water partition coefficient (Wildman–Crippen LogP) is 4.20. The zero-order chi connectivity index (χ0) is 25.8. The Hall–Kier alpha value is -3.92. The third-order valence-electron chi connectivity index (χ3n) is 5.89. The number of aliphatic hydroxyl groups is 1. The minimum atomic E-state index is -0.794. The fourth-order valence-electron chi connectivity index (χ4n) is 4.29. The van der Waals surface area contributed by atoms with Crippen LogP contribution in [-0.4, -0.2) is 56.5 Å². The topological polar surface area (TPSA) is 107 Å². The van der Waals surface area contributed by atoms with Gasteiger partial charge in [0.25, 0.3) is 5.91 Å². The molecule has 0 aliphatic carbocycles. The van der Waals surface area contributed by atoms with E-state index < -0.39 is 23.5 Å². The van der Waals surface area contributed by atoms with Crippen molar-refractivity contribution in [2.75, 3.05) is 20.3 Å². The zero-order valence-corrected chi connectivity index (χ0v) is 21.2. The quantitative estimate of drug-likeness (QED) is 0.306. The molecule has 0 radical (unpaired) electrons. The number of nitrogens with zero attached hydrogens (tertiary/aromatic N) is 4. The normalized spacial score (nSPS) is 15.5. The Morgan fingerprint density at radius 1 is 1.28 bits per heavy atom. The van der Waals surface area contributed by atoms with Gasteiger partial charge < -0.3 is 24.0 Å². The number of benzene rings is 1. The molecule has 0 saturated carbocycles. The largest absolute Gasteiger partial charge is 0.503 e. The molecule has 1 aliphatic heterocycles. The minimum absolute atomic E-state index is 0.0381. The van der Waals surface area contributed by atoms with Crippen LogP contribution in [-0.2, 0) is 11.3 Å². The van der Waals surface area contributed by atoms with Crippen LogP contribution in [0.4, 0.5) is 0 Å². The van der Waals surface area contributed by atoms with Gasteiger partial charge in [-0.25, -0.2) is 9.97 Å². The molecule has 4 rings (SSSR count). The number of amides is 1. The lowest BCUT2D eigenvalue weighted by molar-refractivity contribution is -0.129. The van der Waals surface area contributed by atoms with E-state index in [0.717, 1.165) is 5.01 Å². The summed E-state index contributed by atoms with van der Waals surface area (Å²) in [6, 6.07) is 4.44. The molecule has 188 valence electrons. The molecule has 1 unspecified atom stereocenters. The van der Waals surface area contributed by atoms with Crippen molar-refractivity contribution in [2.24, 2.45) is 0 Å². The SMILES string of the molecule is C=CCOc1ccc(C2C(C(=O)c3sc(C)nc3C)=C(O)C(=O)N2CCCn2ccnc2)cc1OC. The summed E-state index contributed by atoms with van der Waals surface area (Å²) in [5.74, 6) is -0.574. The number of ketones is 1. The van der Waals surface area contributed by atoms with Crippen molar-refractivity contribution < 1.29 is 24.2 Å². The van der Waals surface area contributed by atoms with E-state index in [1.807, 2.05) is 17.7 Å². The van der Waals surface area contributed by atoms with E-state index in [0.29, 0.717) is 53.8 Å². The molecular formula is C26H28N4O5S. The molecule has 0 bridgehead atoms. The zero-order valence-electron chi connectivity index (χ0n) is 20.4. The first-order valence-corrected chi connectivity index (χ1v) is 12.3. The molecule has 1 aromatic carbocycles. The molecular weight excluding hydrogens is 480 g/mol. The number of carbonyl (C=O) groups is 2. The lowest BCUT2D eigenvalue weighted by atomic mass is 9.94. The molecule has 1 N–H and O–H groups in total. The van der Waals surface area contributed by atoms with Crippen LogP contribution in [0.2, 0.25) is 0 Å². The highest BCUT2D eigenvalue weighted by Crippen LogP contribution is 2.42. The number of hydrogen-bond acceptors (Lipinski definition) is 8. The summed E-state index contributed by atoms with van der Waals surface area (Å²) >= 11 is 1.25. The number of hydrogen-bond donors (Lipinski definition) is 1. The third-order valence-corrected chi connectivity index (χ3v) is 6.96. The molecule has 10 heteroatoms. The number of carbonyl (C=O) groups excluding carboxylic acids is 2. The van der Waals surface area contributed by atoms with Crippen LogP contribution >= 0.6 is 11.3 Å². The molecule has 9 nitrogen and oxygen atoms in total. The van der Waals surface area contributed by atoms with E-state index in [9.17, 15) is 14.7 Å². The average Bonchev–Trinajstić information content (AvgIpc) is 3.57. The first-order chi connectivity index (χ1) is 17.3. The van der Waals surface area contributed by atoms with E-state index in [2.05, 4.69) is 16.5 Å². The average molecular weight is 509 g/mol. The maximum atomic E-state index is 13.7. The molecule has 1 aliphatic rings. The molecule has 1 amide bonds. The van der Waals surface area contributed by atoms with Crippen LogP contribution in [0.3, 0.4) is 0 Å². The fraction of sp³-hybridized carbons (Fsp3) is 0.308. The number of ether oxygens (including phenoxy) is 2. The summed E-state index contributed by atoms with van der Waals surface area (Å²) in [5, 5.41) is 11.7. The second kappa shape index (κ2) is 10.8. The van der Waals surface area contributed by atoms with Gasteiger partial charge in [0.1, 0.15) is 6.61 Å². The highest BCUT2D eigenvalue weighted by atomic mass is 32.1. The third kappa shape index (κ3) is 4.90. The van der Waals surface area contributed by atoms with Crippen molar-refractivity contribution >= 4 is 23.0 Å². The number of Topliss-reactive ketones (excluding diaryl/α,β-unsaturated/α-hetero) is 1. The number of thiazole rings is 1. The second-order valence-corrected chi connectivity index (χ2v) is 9.51. The van der Waals surface area contributed by atoms with Gasteiger partial charge in [0.05, 0.1) is 40.6 Å². The lowest BCUT2D eigenvalue weighted by Crippen LogP contribution is -2.32. The Labute approximate surface area is 213 Å². The van der Waals surface area contributed by atoms with Gasteiger partial charge in [-0.05, 0) is 38.0 Å². The summed E-state index contributed by atoms with van der Waals surface area (Å²) in [4.78, 5) is 37.3. The highest BCUT2D eigenvalue weighted by Gasteiger charge is 2.44. The monoisotopic (exact) mass is 508 g/mol. The Morgan fingerprint density at radius 2 is 2.08 bits per heavy atom. The first kappa shape index (κ1) is 25.2. The molecule has 3 heterocycles. The van der Waals surface area contributed by atoms with Crippen LogP contribution in [0.25, 0.3) is 0 Å². The van der Waals surface area contributed by atoms with Crippen LogP contribution in [0.15, 0.2) is 60.9 Å². The molecule has 3 aromatic rings. The fourth-order valence-corrected chi connectivity index (χ4v) is 5.17. The van der Waals surface area contributed by atoms with Gasteiger partial charge in [-0.3, -0.25) is 9.59 Å². The van der Waals surface area contributed by atoms with E-state index in [1.165, 1.54) is 23.3 Å². The van der Waals surface area contributed by atoms with Gasteiger partial charge in [-0.15, -0.1) is 11.3 Å². The maximum Gasteiger partial charge on any atom is 0.290 e. The Bertz CT molecular complexity index is 1310. The predicted molar refractivity (Wildman–Crippen MR) is 136 cm³/mol. The number of aryl methyl sites for hydroxylation is 3. The maximum absolute atomic E-state index is 13.7. The van der Waals surface area contributed by atoms with Crippen molar-refractivity contribution in [3.63, 3.8) is 0 Å². The Morgan fingerprint density at radius 3 is 2.72 bits per heavy atom. The molecule has 0 fully saturated rings. The molecule has 2 aromatic heterocycles. The van der Waals surface area contributed by atoms with Crippen molar-refractivity contribution in [3.05, 3.63) is 82.0 Å². The van der Waals surface area contributed by atoms with Gasteiger partial charge in [-0.1, -0.05) is 18.7 Å². The minimum Gasteiger partial charge on any atom is -0.503 e. The van der Waals surface area contributed by atoms with Gasteiger partial charge in [0.15, 0.2) is 17.3 Å². The van der Waals surface area contributed by atoms with E-state index >= 15 is 0 Å². The van der Waals surface area contributed by atoms with E-state index in [-0.39, 0.29) is 5.57 Å². The summed E-state index contributed by atoms with van der Waals surface area (Å²) < 4.78 is 13.1. The van der Waals surface area contributed by atoms with Crippen LogP contribution in [0.5, 0.6) is 11.5 Å². The van der Waals surface area contributed by atoms with E-state index in [1.54, 1.807) is 43.7 Å².